The summed E-state index contributed by atoms with van der Waals surface area (Å²) in [5.74, 6) is -0.227. The normalized spacial score (nSPS) is 12.4. The molecule has 1 atom stereocenters. The SMILES string of the molecule is CC(C)NCC(O)COCC(=O)Nc1ccccc1. The fraction of sp³-hybridized carbons (Fsp3) is 0.500. The number of ether oxygens (including phenoxy) is 1. The van der Waals surface area contributed by atoms with Gasteiger partial charge < -0.3 is 20.5 Å². The molecular weight excluding hydrogens is 244 g/mol. The molecule has 1 aromatic rings. The summed E-state index contributed by atoms with van der Waals surface area (Å²) in [4.78, 5) is 11.5. The summed E-state index contributed by atoms with van der Waals surface area (Å²) in [6.07, 6.45) is -0.605. The van der Waals surface area contributed by atoms with Crippen LogP contribution in [0, 0.1) is 0 Å². The predicted octanol–water partition coefficient (Wildman–Crippen LogP) is 1.00. The molecule has 0 heterocycles. The summed E-state index contributed by atoms with van der Waals surface area (Å²) in [7, 11) is 0. The first-order valence-electron chi connectivity index (χ1n) is 6.42. The van der Waals surface area contributed by atoms with E-state index in [9.17, 15) is 9.90 Å². The second-order valence-electron chi connectivity index (χ2n) is 4.65. The van der Waals surface area contributed by atoms with Gasteiger partial charge in [0.15, 0.2) is 0 Å². The van der Waals surface area contributed by atoms with Crippen LogP contribution in [0.1, 0.15) is 13.8 Å². The molecule has 0 bridgehead atoms. The van der Waals surface area contributed by atoms with Gasteiger partial charge in [0.05, 0.1) is 12.7 Å². The van der Waals surface area contributed by atoms with Gasteiger partial charge in [0, 0.05) is 18.3 Å². The van der Waals surface area contributed by atoms with Crippen LogP contribution in [0.3, 0.4) is 0 Å². The minimum atomic E-state index is -0.605. The average molecular weight is 266 g/mol. The summed E-state index contributed by atoms with van der Waals surface area (Å²) >= 11 is 0. The van der Waals surface area contributed by atoms with Crippen LogP contribution in [-0.4, -0.2) is 42.9 Å². The molecule has 1 rings (SSSR count). The molecule has 0 aromatic heterocycles. The van der Waals surface area contributed by atoms with Crippen LogP contribution in [0.2, 0.25) is 0 Å². The van der Waals surface area contributed by atoms with Crippen LogP contribution >= 0.6 is 0 Å². The third-order valence-electron chi connectivity index (χ3n) is 2.36. The Hall–Kier alpha value is -1.43. The maximum atomic E-state index is 11.5. The fourth-order valence-corrected chi connectivity index (χ4v) is 1.44. The molecule has 1 amide bonds. The molecule has 3 N–H and O–H groups in total. The van der Waals surface area contributed by atoms with Crippen molar-refractivity contribution in [3.63, 3.8) is 0 Å². The van der Waals surface area contributed by atoms with Crippen molar-refractivity contribution < 1.29 is 14.6 Å². The minimum Gasteiger partial charge on any atom is -0.389 e. The number of carbonyl (C=O) groups is 1. The monoisotopic (exact) mass is 266 g/mol. The zero-order valence-corrected chi connectivity index (χ0v) is 11.4. The fourth-order valence-electron chi connectivity index (χ4n) is 1.44. The van der Waals surface area contributed by atoms with Gasteiger partial charge in [-0.1, -0.05) is 32.0 Å². The largest absolute Gasteiger partial charge is 0.389 e. The first kappa shape index (κ1) is 15.6. The molecule has 106 valence electrons. The van der Waals surface area contributed by atoms with Gasteiger partial charge in [-0.3, -0.25) is 4.79 Å². The van der Waals surface area contributed by atoms with E-state index in [0.29, 0.717) is 12.6 Å². The van der Waals surface area contributed by atoms with Gasteiger partial charge in [-0.15, -0.1) is 0 Å². The molecule has 0 saturated heterocycles. The van der Waals surface area contributed by atoms with Crippen LogP contribution in [0.5, 0.6) is 0 Å². The zero-order valence-electron chi connectivity index (χ0n) is 11.4. The number of amides is 1. The molecule has 0 fully saturated rings. The van der Waals surface area contributed by atoms with E-state index in [1.807, 2.05) is 32.0 Å². The van der Waals surface area contributed by atoms with E-state index in [1.54, 1.807) is 12.1 Å². The molecule has 0 aliphatic carbocycles. The number of anilines is 1. The van der Waals surface area contributed by atoms with Crippen LogP contribution in [0.4, 0.5) is 5.69 Å². The number of aliphatic hydroxyl groups excluding tert-OH is 1. The third-order valence-corrected chi connectivity index (χ3v) is 2.36. The number of para-hydroxylation sites is 1. The number of nitrogens with one attached hydrogen (secondary N) is 2. The van der Waals surface area contributed by atoms with Crippen molar-refractivity contribution in [2.24, 2.45) is 0 Å². The smallest absolute Gasteiger partial charge is 0.250 e. The molecule has 1 aromatic carbocycles. The van der Waals surface area contributed by atoms with E-state index >= 15 is 0 Å². The van der Waals surface area contributed by atoms with E-state index in [2.05, 4.69) is 10.6 Å². The van der Waals surface area contributed by atoms with Gasteiger partial charge in [-0.25, -0.2) is 0 Å². The Balaban J connectivity index is 2.13. The van der Waals surface area contributed by atoms with Crippen LogP contribution in [0.25, 0.3) is 0 Å². The Morgan fingerprint density at radius 2 is 2.00 bits per heavy atom. The van der Waals surface area contributed by atoms with E-state index in [-0.39, 0.29) is 19.1 Å². The molecule has 0 saturated carbocycles. The molecule has 19 heavy (non-hydrogen) atoms. The molecule has 5 nitrogen and oxygen atoms in total. The van der Waals surface area contributed by atoms with E-state index < -0.39 is 6.10 Å². The Bertz CT molecular complexity index is 368. The number of hydrogen-bond donors (Lipinski definition) is 3. The molecule has 0 spiro atoms. The van der Waals surface area contributed by atoms with Gasteiger partial charge >= 0.3 is 0 Å². The minimum absolute atomic E-state index is 0.0619. The topological polar surface area (TPSA) is 70.6 Å². The third kappa shape index (κ3) is 7.56. The van der Waals surface area contributed by atoms with Gasteiger partial charge in [0.1, 0.15) is 6.61 Å². The van der Waals surface area contributed by atoms with Crippen LogP contribution in [-0.2, 0) is 9.53 Å². The summed E-state index contributed by atoms with van der Waals surface area (Å²) in [6, 6.07) is 9.49. The zero-order chi connectivity index (χ0) is 14.1. The lowest BCUT2D eigenvalue weighted by Gasteiger charge is -2.14. The maximum absolute atomic E-state index is 11.5. The average Bonchev–Trinajstić information content (AvgIpc) is 2.37. The quantitative estimate of drug-likeness (QED) is 0.656. The highest BCUT2D eigenvalue weighted by Gasteiger charge is 2.07. The number of hydrogen-bond acceptors (Lipinski definition) is 4. The van der Waals surface area contributed by atoms with Crippen molar-refractivity contribution in [1.29, 1.82) is 0 Å². The van der Waals surface area contributed by atoms with Crippen molar-refractivity contribution in [1.82, 2.24) is 5.32 Å². The second-order valence-corrected chi connectivity index (χ2v) is 4.65. The van der Waals surface area contributed by atoms with Crippen molar-refractivity contribution in [2.75, 3.05) is 25.1 Å². The van der Waals surface area contributed by atoms with Gasteiger partial charge in [-0.05, 0) is 12.1 Å². The van der Waals surface area contributed by atoms with Crippen molar-refractivity contribution in [3.05, 3.63) is 30.3 Å². The molecule has 1 unspecified atom stereocenters. The summed E-state index contributed by atoms with van der Waals surface area (Å²) < 4.78 is 5.16. The van der Waals surface area contributed by atoms with Crippen LogP contribution in [0.15, 0.2) is 30.3 Å². The predicted molar refractivity (Wildman–Crippen MR) is 75.0 cm³/mol. The Kier molecular flexibility index (Phi) is 7.10. The Morgan fingerprint density at radius 3 is 2.63 bits per heavy atom. The van der Waals surface area contributed by atoms with E-state index in [0.717, 1.165) is 5.69 Å². The summed E-state index contributed by atoms with van der Waals surface area (Å²) in [5.41, 5.74) is 0.734. The Labute approximate surface area is 114 Å². The first-order valence-corrected chi connectivity index (χ1v) is 6.42. The van der Waals surface area contributed by atoms with Gasteiger partial charge in [0.25, 0.3) is 0 Å². The standard InChI is InChI=1S/C14H22N2O3/c1-11(2)15-8-13(17)9-19-10-14(18)16-12-6-4-3-5-7-12/h3-7,11,13,15,17H,8-10H2,1-2H3,(H,16,18). The number of benzene rings is 1. The number of rotatable bonds is 8. The Morgan fingerprint density at radius 1 is 1.32 bits per heavy atom. The van der Waals surface area contributed by atoms with E-state index in [4.69, 9.17) is 4.74 Å². The first-order chi connectivity index (χ1) is 9.08. The highest BCUT2D eigenvalue weighted by molar-refractivity contribution is 5.91. The van der Waals surface area contributed by atoms with Crippen molar-refractivity contribution in [3.8, 4) is 0 Å². The lowest BCUT2D eigenvalue weighted by atomic mass is 10.3. The second kappa shape index (κ2) is 8.63. The maximum Gasteiger partial charge on any atom is 0.250 e. The summed E-state index contributed by atoms with van der Waals surface area (Å²) in [6.45, 7) is 4.54. The van der Waals surface area contributed by atoms with Crippen LogP contribution < -0.4 is 10.6 Å². The highest BCUT2D eigenvalue weighted by Crippen LogP contribution is 2.04. The van der Waals surface area contributed by atoms with Gasteiger partial charge in [0.2, 0.25) is 5.91 Å². The molecule has 0 aliphatic heterocycles. The van der Waals surface area contributed by atoms with Crippen molar-refractivity contribution in [2.45, 2.75) is 26.0 Å². The molecule has 0 radical (unpaired) electrons. The lowest BCUT2D eigenvalue weighted by molar-refractivity contribution is -0.121. The van der Waals surface area contributed by atoms with Gasteiger partial charge in [-0.2, -0.15) is 0 Å². The molecule has 5 heteroatoms. The number of aliphatic hydroxyl groups is 1. The van der Waals surface area contributed by atoms with E-state index in [1.165, 1.54) is 0 Å². The molecular formula is C14H22N2O3. The lowest BCUT2D eigenvalue weighted by Crippen LogP contribution is -2.35. The molecule has 0 aliphatic rings. The highest BCUT2D eigenvalue weighted by atomic mass is 16.5. The summed E-state index contributed by atoms with van der Waals surface area (Å²) in [5, 5.41) is 15.4. The van der Waals surface area contributed by atoms with Crippen molar-refractivity contribution >= 4 is 11.6 Å². The number of carbonyl (C=O) groups excluding carboxylic acids is 1.